The first-order valence-corrected chi connectivity index (χ1v) is 8.04. The molecule has 2 aromatic rings. The van der Waals surface area contributed by atoms with Gasteiger partial charge in [0.15, 0.2) is 0 Å². The predicted octanol–water partition coefficient (Wildman–Crippen LogP) is 4.46. The Bertz CT molecular complexity index is 523. The van der Waals surface area contributed by atoms with E-state index < -0.39 is 0 Å². The quantitative estimate of drug-likeness (QED) is 0.689. The standard InChI is InChI=1S/C19H23F2NO/c1-2-3-12-22-13-14-23-19(15-4-8-17(20)9-5-15)16-6-10-18(21)11-7-16/h4-11,19,22H,2-3,12-14H2,1H3. The molecule has 0 amide bonds. The van der Waals surface area contributed by atoms with Crippen LogP contribution in [0.5, 0.6) is 0 Å². The van der Waals surface area contributed by atoms with Crippen LogP contribution in [0.3, 0.4) is 0 Å². The molecule has 1 N–H and O–H groups in total. The predicted molar refractivity (Wildman–Crippen MR) is 88.4 cm³/mol. The molecule has 0 unspecified atom stereocenters. The van der Waals surface area contributed by atoms with E-state index in [1.54, 1.807) is 24.3 Å². The van der Waals surface area contributed by atoms with E-state index in [0.717, 1.165) is 37.1 Å². The highest BCUT2D eigenvalue weighted by molar-refractivity contribution is 5.30. The van der Waals surface area contributed by atoms with Crippen molar-refractivity contribution in [3.63, 3.8) is 0 Å². The Morgan fingerprint density at radius 1 is 0.870 bits per heavy atom. The topological polar surface area (TPSA) is 21.3 Å². The monoisotopic (exact) mass is 319 g/mol. The van der Waals surface area contributed by atoms with Crippen LogP contribution < -0.4 is 5.32 Å². The summed E-state index contributed by atoms with van der Waals surface area (Å²) in [6.07, 6.45) is 1.96. The van der Waals surface area contributed by atoms with E-state index in [4.69, 9.17) is 4.74 Å². The van der Waals surface area contributed by atoms with E-state index in [-0.39, 0.29) is 17.7 Å². The zero-order valence-electron chi connectivity index (χ0n) is 13.4. The molecule has 0 aliphatic rings. The number of ether oxygens (including phenoxy) is 1. The molecule has 0 heterocycles. The van der Waals surface area contributed by atoms with Crippen molar-refractivity contribution in [1.29, 1.82) is 0 Å². The van der Waals surface area contributed by atoms with E-state index in [1.165, 1.54) is 24.3 Å². The molecule has 124 valence electrons. The smallest absolute Gasteiger partial charge is 0.123 e. The van der Waals surface area contributed by atoms with Gasteiger partial charge in [-0.25, -0.2) is 8.78 Å². The fourth-order valence-electron chi connectivity index (χ4n) is 2.34. The maximum absolute atomic E-state index is 13.1. The number of benzene rings is 2. The minimum atomic E-state index is -0.329. The third-order valence-corrected chi connectivity index (χ3v) is 3.62. The van der Waals surface area contributed by atoms with Crippen LogP contribution in [-0.4, -0.2) is 19.7 Å². The number of hydrogen-bond acceptors (Lipinski definition) is 2. The van der Waals surface area contributed by atoms with E-state index in [0.29, 0.717) is 6.61 Å². The lowest BCUT2D eigenvalue weighted by Gasteiger charge is -2.19. The van der Waals surface area contributed by atoms with Crippen LogP contribution >= 0.6 is 0 Å². The summed E-state index contributed by atoms with van der Waals surface area (Å²) in [5.74, 6) is -0.569. The van der Waals surface area contributed by atoms with Gasteiger partial charge in [0.1, 0.15) is 17.7 Å². The molecule has 0 aliphatic carbocycles. The Morgan fingerprint density at radius 3 is 1.87 bits per heavy atom. The highest BCUT2D eigenvalue weighted by Gasteiger charge is 2.15. The largest absolute Gasteiger partial charge is 0.367 e. The van der Waals surface area contributed by atoms with Gasteiger partial charge in [-0.3, -0.25) is 0 Å². The van der Waals surface area contributed by atoms with Gasteiger partial charge in [-0.2, -0.15) is 0 Å². The number of rotatable bonds is 9. The number of nitrogens with one attached hydrogen (secondary N) is 1. The molecule has 2 rings (SSSR count). The molecule has 0 saturated carbocycles. The van der Waals surface area contributed by atoms with E-state index in [2.05, 4.69) is 12.2 Å². The Balaban J connectivity index is 2.02. The molecule has 0 atom stereocenters. The zero-order chi connectivity index (χ0) is 16.5. The summed E-state index contributed by atoms with van der Waals surface area (Å²) in [5, 5.41) is 3.32. The van der Waals surface area contributed by atoms with Crippen LogP contribution in [0.2, 0.25) is 0 Å². The van der Waals surface area contributed by atoms with Crippen molar-refractivity contribution in [3.8, 4) is 0 Å². The fraction of sp³-hybridized carbons (Fsp3) is 0.368. The maximum Gasteiger partial charge on any atom is 0.123 e. The highest BCUT2D eigenvalue weighted by atomic mass is 19.1. The Morgan fingerprint density at radius 2 is 1.39 bits per heavy atom. The number of halogens is 2. The average Bonchev–Trinajstić information content (AvgIpc) is 2.57. The summed E-state index contributed by atoms with van der Waals surface area (Å²) in [7, 11) is 0. The van der Waals surface area contributed by atoms with Crippen molar-refractivity contribution in [2.24, 2.45) is 0 Å². The first-order valence-electron chi connectivity index (χ1n) is 8.04. The molecule has 0 spiro atoms. The van der Waals surface area contributed by atoms with Crippen LogP contribution in [0.15, 0.2) is 48.5 Å². The molecule has 0 radical (unpaired) electrons. The van der Waals surface area contributed by atoms with Crippen molar-refractivity contribution in [2.45, 2.75) is 25.9 Å². The van der Waals surface area contributed by atoms with Crippen molar-refractivity contribution in [2.75, 3.05) is 19.7 Å². The van der Waals surface area contributed by atoms with Gasteiger partial charge >= 0.3 is 0 Å². The molecule has 23 heavy (non-hydrogen) atoms. The summed E-state index contributed by atoms with van der Waals surface area (Å²) in [6, 6.07) is 12.5. The summed E-state index contributed by atoms with van der Waals surface area (Å²) in [4.78, 5) is 0. The van der Waals surface area contributed by atoms with Crippen molar-refractivity contribution < 1.29 is 13.5 Å². The summed E-state index contributed by atoms with van der Waals surface area (Å²) in [6.45, 7) is 4.40. The van der Waals surface area contributed by atoms with Crippen LogP contribution in [0.1, 0.15) is 37.0 Å². The molecule has 0 bridgehead atoms. The Hall–Kier alpha value is -1.78. The molecular weight excluding hydrogens is 296 g/mol. The van der Waals surface area contributed by atoms with Gasteiger partial charge in [0.05, 0.1) is 6.61 Å². The zero-order valence-corrected chi connectivity index (χ0v) is 13.4. The normalized spacial score (nSPS) is 11.1. The van der Waals surface area contributed by atoms with E-state index in [1.807, 2.05) is 0 Å². The van der Waals surface area contributed by atoms with Crippen molar-refractivity contribution in [1.82, 2.24) is 5.32 Å². The highest BCUT2D eigenvalue weighted by Crippen LogP contribution is 2.26. The van der Waals surface area contributed by atoms with Crippen LogP contribution in [-0.2, 0) is 4.74 Å². The maximum atomic E-state index is 13.1. The van der Waals surface area contributed by atoms with Crippen LogP contribution in [0.25, 0.3) is 0 Å². The molecule has 4 heteroatoms. The van der Waals surface area contributed by atoms with Gasteiger partial charge in [-0.05, 0) is 48.4 Å². The van der Waals surface area contributed by atoms with Crippen molar-refractivity contribution in [3.05, 3.63) is 71.3 Å². The minimum Gasteiger partial charge on any atom is -0.367 e. The molecule has 0 aliphatic heterocycles. The molecule has 0 aromatic heterocycles. The van der Waals surface area contributed by atoms with Crippen LogP contribution in [0, 0.1) is 11.6 Å². The third kappa shape index (κ3) is 5.73. The molecule has 0 saturated heterocycles. The number of unbranched alkanes of at least 4 members (excludes halogenated alkanes) is 1. The SMILES string of the molecule is CCCCNCCOC(c1ccc(F)cc1)c1ccc(F)cc1. The fourth-order valence-corrected chi connectivity index (χ4v) is 2.34. The van der Waals surface area contributed by atoms with Gasteiger partial charge in [0.2, 0.25) is 0 Å². The lowest BCUT2D eigenvalue weighted by molar-refractivity contribution is 0.0820. The van der Waals surface area contributed by atoms with Gasteiger partial charge in [0.25, 0.3) is 0 Å². The number of hydrogen-bond donors (Lipinski definition) is 1. The second kappa shape index (κ2) is 9.38. The Labute approximate surface area is 136 Å². The molecular formula is C19H23F2NO. The average molecular weight is 319 g/mol. The van der Waals surface area contributed by atoms with Crippen molar-refractivity contribution >= 4 is 0 Å². The third-order valence-electron chi connectivity index (χ3n) is 3.62. The van der Waals surface area contributed by atoms with E-state index >= 15 is 0 Å². The first-order chi connectivity index (χ1) is 11.2. The second-order valence-corrected chi connectivity index (χ2v) is 5.46. The summed E-state index contributed by atoms with van der Waals surface area (Å²) < 4.78 is 32.2. The summed E-state index contributed by atoms with van der Waals surface area (Å²) in [5.41, 5.74) is 1.71. The Kier molecular flexibility index (Phi) is 7.17. The summed E-state index contributed by atoms with van der Waals surface area (Å²) >= 11 is 0. The molecule has 0 fully saturated rings. The van der Waals surface area contributed by atoms with Gasteiger partial charge < -0.3 is 10.1 Å². The molecule has 2 nitrogen and oxygen atoms in total. The minimum absolute atomic E-state index is 0.284. The molecule has 2 aromatic carbocycles. The van der Waals surface area contributed by atoms with E-state index in [9.17, 15) is 8.78 Å². The van der Waals surface area contributed by atoms with Gasteiger partial charge in [-0.15, -0.1) is 0 Å². The first kappa shape index (κ1) is 17.6. The van der Waals surface area contributed by atoms with Gasteiger partial charge in [0, 0.05) is 6.54 Å². The lowest BCUT2D eigenvalue weighted by atomic mass is 10.0. The van der Waals surface area contributed by atoms with Crippen LogP contribution in [0.4, 0.5) is 8.78 Å². The van der Waals surface area contributed by atoms with Gasteiger partial charge in [-0.1, -0.05) is 37.6 Å². The lowest BCUT2D eigenvalue weighted by Crippen LogP contribution is -2.22. The second-order valence-electron chi connectivity index (χ2n) is 5.46.